The van der Waals surface area contributed by atoms with Gasteiger partial charge in [-0.25, -0.2) is 4.79 Å². The Balaban J connectivity index is 1.47. The second-order valence-electron chi connectivity index (χ2n) is 9.41. The van der Waals surface area contributed by atoms with Crippen LogP contribution >= 0.6 is 0 Å². The number of carbonyl (C=O) groups excluding carboxylic acids is 2. The lowest BCUT2D eigenvalue weighted by molar-refractivity contribution is 0.0426. The molecule has 0 aliphatic carbocycles. The first kappa shape index (κ1) is 26.1. The average molecular weight is 491 g/mol. The van der Waals surface area contributed by atoms with Gasteiger partial charge in [0.25, 0.3) is 0 Å². The summed E-state index contributed by atoms with van der Waals surface area (Å²) in [6.07, 6.45) is 4.26. The number of ether oxygens (including phenoxy) is 1. The van der Waals surface area contributed by atoms with Gasteiger partial charge >= 0.3 is 5.97 Å². The molecule has 0 radical (unpaired) electrons. The molecule has 0 spiro atoms. The van der Waals surface area contributed by atoms with Crippen LogP contribution in [0.1, 0.15) is 65.8 Å². The molecule has 0 fully saturated rings. The maximum Gasteiger partial charge on any atom is 0.338 e. The van der Waals surface area contributed by atoms with E-state index in [0.29, 0.717) is 29.2 Å². The zero-order valence-electron chi connectivity index (χ0n) is 21.7. The highest BCUT2D eigenvalue weighted by Gasteiger charge is 2.20. The van der Waals surface area contributed by atoms with E-state index in [4.69, 9.17) is 4.74 Å². The Morgan fingerprint density at radius 1 is 0.649 bits per heavy atom. The van der Waals surface area contributed by atoms with Crippen LogP contribution < -0.4 is 0 Å². The van der Waals surface area contributed by atoms with Crippen LogP contribution in [-0.4, -0.2) is 18.4 Å². The van der Waals surface area contributed by atoms with Crippen molar-refractivity contribution in [2.75, 3.05) is 6.61 Å². The molecule has 0 bridgehead atoms. The van der Waals surface area contributed by atoms with Gasteiger partial charge in [-0.3, -0.25) is 4.79 Å². The highest BCUT2D eigenvalue weighted by molar-refractivity contribution is 6.14. The standard InChI is InChI=1S/C34H34O3/c1-3-5-11-25(4-2)24-37-34(36)32-15-10-9-14-31(32)33(35)30-22-20-29(21-23-30)28-18-16-27(17-19-28)26-12-7-6-8-13-26/h6-10,12-23,25H,3-5,11,24H2,1-2H3. The second kappa shape index (κ2) is 12.8. The molecule has 0 heterocycles. The van der Waals surface area contributed by atoms with Crippen molar-refractivity contribution in [1.29, 1.82) is 0 Å². The van der Waals surface area contributed by atoms with Gasteiger partial charge in [0.05, 0.1) is 12.2 Å². The summed E-state index contributed by atoms with van der Waals surface area (Å²) in [6, 6.07) is 33.1. The fourth-order valence-corrected chi connectivity index (χ4v) is 4.48. The molecular formula is C34H34O3. The van der Waals surface area contributed by atoms with Crippen molar-refractivity contribution in [1.82, 2.24) is 0 Å². The molecule has 1 atom stereocenters. The van der Waals surface area contributed by atoms with Gasteiger partial charge in [0, 0.05) is 11.1 Å². The van der Waals surface area contributed by atoms with E-state index in [1.54, 1.807) is 24.3 Å². The van der Waals surface area contributed by atoms with Gasteiger partial charge in [0.15, 0.2) is 5.78 Å². The lowest BCUT2D eigenvalue weighted by Crippen LogP contribution is -2.17. The molecule has 4 aromatic carbocycles. The number of unbranched alkanes of at least 4 members (excludes halogenated alkanes) is 1. The molecule has 4 aromatic rings. The molecule has 0 aliphatic rings. The predicted molar refractivity (Wildman–Crippen MR) is 151 cm³/mol. The molecule has 4 rings (SSSR count). The van der Waals surface area contributed by atoms with Crippen LogP contribution in [0.2, 0.25) is 0 Å². The summed E-state index contributed by atoms with van der Waals surface area (Å²) in [5.74, 6) is -0.272. The molecule has 1 unspecified atom stereocenters. The quantitative estimate of drug-likeness (QED) is 0.156. The van der Waals surface area contributed by atoms with Crippen LogP contribution in [-0.2, 0) is 4.74 Å². The minimum atomic E-state index is -0.436. The third-order valence-electron chi connectivity index (χ3n) is 6.86. The maximum absolute atomic E-state index is 13.3. The van der Waals surface area contributed by atoms with Crippen LogP contribution in [0.25, 0.3) is 22.3 Å². The topological polar surface area (TPSA) is 43.4 Å². The minimum absolute atomic E-state index is 0.184. The van der Waals surface area contributed by atoms with Gasteiger partial charge in [-0.15, -0.1) is 0 Å². The van der Waals surface area contributed by atoms with Gasteiger partial charge in [-0.2, -0.15) is 0 Å². The third kappa shape index (κ3) is 6.62. The molecule has 0 saturated heterocycles. The molecule has 0 aromatic heterocycles. The Bertz CT molecular complexity index is 1310. The van der Waals surface area contributed by atoms with Crippen LogP contribution in [0.5, 0.6) is 0 Å². The predicted octanol–water partition coefficient (Wildman–Crippen LogP) is 8.62. The maximum atomic E-state index is 13.3. The smallest absolute Gasteiger partial charge is 0.338 e. The summed E-state index contributed by atoms with van der Waals surface area (Å²) in [5, 5.41) is 0. The summed E-state index contributed by atoms with van der Waals surface area (Å²) in [4.78, 5) is 26.2. The summed E-state index contributed by atoms with van der Waals surface area (Å²) < 4.78 is 5.63. The molecule has 0 N–H and O–H groups in total. The normalized spacial score (nSPS) is 11.6. The number of hydrogen-bond acceptors (Lipinski definition) is 3. The Kier molecular flexibility index (Phi) is 9.04. The van der Waals surface area contributed by atoms with Crippen molar-refractivity contribution in [2.45, 2.75) is 39.5 Å². The summed E-state index contributed by atoms with van der Waals surface area (Å²) in [7, 11) is 0. The number of hydrogen-bond donors (Lipinski definition) is 0. The van der Waals surface area contributed by atoms with Crippen molar-refractivity contribution in [3.05, 3.63) is 120 Å². The molecule has 3 nitrogen and oxygen atoms in total. The number of esters is 1. The average Bonchev–Trinajstić information content (AvgIpc) is 2.97. The zero-order chi connectivity index (χ0) is 26.0. The summed E-state index contributed by atoms with van der Waals surface area (Å²) >= 11 is 0. The van der Waals surface area contributed by atoms with Crippen LogP contribution in [0.4, 0.5) is 0 Å². The van der Waals surface area contributed by atoms with Crippen molar-refractivity contribution >= 4 is 11.8 Å². The summed E-state index contributed by atoms with van der Waals surface area (Å²) in [6.45, 7) is 4.66. The van der Waals surface area contributed by atoms with E-state index in [9.17, 15) is 9.59 Å². The Hall–Kier alpha value is -3.98. The fraction of sp³-hybridized carbons (Fsp3) is 0.235. The van der Waals surface area contributed by atoms with Crippen molar-refractivity contribution in [2.24, 2.45) is 5.92 Å². The lowest BCUT2D eigenvalue weighted by Gasteiger charge is -2.15. The van der Waals surface area contributed by atoms with Crippen molar-refractivity contribution in [3.63, 3.8) is 0 Å². The number of ketones is 1. The number of carbonyl (C=O) groups is 2. The van der Waals surface area contributed by atoms with Crippen LogP contribution in [0.15, 0.2) is 103 Å². The van der Waals surface area contributed by atoms with Crippen molar-refractivity contribution in [3.8, 4) is 22.3 Å². The van der Waals surface area contributed by atoms with Gasteiger partial charge in [-0.1, -0.05) is 130 Å². The number of rotatable bonds is 11. The molecule has 37 heavy (non-hydrogen) atoms. The van der Waals surface area contributed by atoms with Gasteiger partial charge in [0.1, 0.15) is 0 Å². The van der Waals surface area contributed by atoms with Crippen molar-refractivity contribution < 1.29 is 14.3 Å². The fourth-order valence-electron chi connectivity index (χ4n) is 4.48. The van der Waals surface area contributed by atoms with E-state index in [-0.39, 0.29) is 5.78 Å². The van der Waals surface area contributed by atoms with E-state index < -0.39 is 5.97 Å². The molecule has 188 valence electrons. The Labute approximate surface area is 220 Å². The molecule has 0 aliphatic heterocycles. The number of benzene rings is 4. The Morgan fingerprint density at radius 3 is 1.73 bits per heavy atom. The largest absolute Gasteiger partial charge is 0.462 e. The first-order valence-corrected chi connectivity index (χ1v) is 13.2. The van der Waals surface area contributed by atoms with Gasteiger partial charge in [0.2, 0.25) is 0 Å². The Morgan fingerprint density at radius 2 is 1.16 bits per heavy atom. The first-order chi connectivity index (χ1) is 18.1. The lowest BCUT2D eigenvalue weighted by atomic mass is 9.95. The molecule has 3 heteroatoms. The van der Waals surface area contributed by atoms with E-state index >= 15 is 0 Å². The van der Waals surface area contributed by atoms with Gasteiger partial charge < -0.3 is 4.74 Å². The second-order valence-corrected chi connectivity index (χ2v) is 9.41. The highest BCUT2D eigenvalue weighted by Crippen LogP contribution is 2.26. The first-order valence-electron chi connectivity index (χ1n) is 13.2. The molecule has 0 saturated carbocycles. The third-order valence-corrected chi connectivity index (χ3v) is 6.86. The minimum Gasteiger partial charge on any atom is -0.462 e. The van der Waals surface area contributed by atoms with Gasteiger partial charge in [-0.05, 0) is 40.7 Å². The van der Waals surface area contributed by atoms with E-state index in [2.05, 4.69) is 50.2 Å². The van der Waals surface area contributed by atoms with Crippen LogP contribution in [0, 0.1) is 5.92 Å². The molecule has 0 amide bonds. The highest BCUT2D eigenvalue weighted by atomic mass is 16.5. The molecular weight excluding hydrogens is 456 g/mol. The summed E-state index contributed by atoms with van der Waals surface area (Å²) in [5.41, 5.74) is 5.68. The van der Waals surface area contributed by atoms with E-state index in [1.165, 1.54) is 5.56 Å². The van der Waals surface area contributed by atoms with E-state index in [0.717, 1.165) is 42.4 Å². The SMILES string of the molecule is CCCCC(CC)COC(=O)c1ccccc1C(=O)c1ccc(-c2ccc(-c3ccccc3)cc2)cc1. The van der Waals surface area contributed by atoms with Crippen LogP contribution in [0.3, 0.4) is 0 Å². The zero-order valence-corrected chi connectivity index (χ0v) is 21.7. The monoisotopic (exact) mass is 490 g/mol. The van der Waals surface area contributed by atoms with E-state index in [1.807, 2.05) is 42.5 Å².